The number of aromatic nitrogens is 4. The Morgan fingerprint density at radius 2 is 2.18 bits per heavy atom. The molecule has 0 bridgehead atoms. The van der Waals surface area contributed by atoms with Crippen LogP contribution in [0.2, 0.25) is 0 Å². The zero-order valence-corrected chi connectivity index (χ0v) is 16.6. The van der Waals surface area contributed by atoms with E-state index in [-0.39, 0.29) is 5.91 Å². The molecule has 0 spiro atoms. The normalized spacial score (nSPS) is 16.5. The molecule has 1 saturated heterocycles. The van der Waals surface area contributed by atoms with Crippen molar-refractivity contribution in [1.29, 1.82) is 0 Å². The first kappa shape index (κ1) is 17.5. The van der Waals surface area contributed by atoms with Crippen molar-refractivity contribution < 1.29 is 4.79 Å². The Morgan fingerprint density at radius 3 is 2.93 bits per heavy atom. The highest BCUT2D eigenvalue weighted by molar-refractivity contribution is 7.19. The number of anilines is 1. The molecule has 1 aliphatic carbocycles. The van der Waals surface area contributed by atoms with Gasteiger partial charge in [-0.05, 0) is 50.9 Å². The minimum Gasteiger partial charge on any atom is -0.317 e. The van der Waals surface area contributed by atoms with Crippen molar-refractivity contribution in [3.8, 4) is 21.8 Å². The zero-order chi connectivity index (χ0) is 19.1. The lowest BCUT2D eigenvalue weighted by Crippen LogP contribution is -2.30. The van der Waals surface area contributed by atoms with Gasteiger partial charge in [0.05, 0.1) is 28.0 Å². The fourth-order valence-electron chi connectivity index (χ4n) is 4.15. The lowest BCUT2D eigenvalue weighted by Gasteiger charge is -2.25. The van der Waals surface area contributed by atoms with Gasteiger partial charge in [0.15, 0.2) is 5.13 Å². The third-order valence-electron chi connectivity index (χ3n) is 5.41. The zero-order valence-electron chi connectivity index (χ0n) is 15.7. The fraction of sp³-hybridized carbons (Fsp3) is 0.400. The van der Waals surface area contributed by atoms with Gasteiger partial charge in [0, 0.05) is 30.4 Å². The van der Waals surface area contributed by atoms with Gasteiger partial charge >= 0.3 is 0 Å². The van der Waals surface area contributed by atoms with E-state index in [1.165, 1.54) is 18.2 Å². The second-order valence-electron chi connectivity index (χ2n) is 7.32. The topological polar surface area (TPSA) is 84.7 Å². The molecule has 0 radical (unpaired) electrons. The molecule has 5 rings (SSSR count). The number of carbonyl (C=O) groups excluding carboxylic acids is 1. The summed E-state index contributed by atoms with van der Waals surface area (Å²) in [5, 5.41) is 12.1. The summed E-state index contributed by atoms with van der Waals surface area (Å²) in [5.74, 6) is -0.0887. The molecule has 1 aliphatic heterocycles. The van der Waals surface area contributed by atoms with Crippen molar-refractivity contribution in [2.24, 2.45) is 0 Å². The standard InChI is InChI=1S/C20H22N6OS/c1-12(27)23-20-24-16-5-4-15-17(13-3-2-8-22-11-13)25-26(18(15)19(16)28-20)14-6-9-21-10-7-14/h2-3,8,11,14,21H,4-7,9-10H2,1H3,(H,23,24,27). The number of rotatable bonds is 3. The summed E-state index contributed by atoms with van der Waals surface area (Å²) in [6, 6.07) is 4.41. The second-order valence-corrected chi connectivity index (χ2v) is 8.32. The average Bonchev–Trinajstić information content (AvgIpc) is 3.29. The van der Waals surface area contributed by atoms with Crippen LogP contribution in [0.15, 0.2) is 24.5 Å². The minimum atomic E-state index is -0.0887. The van der Waals surface area contributed by atoms with Crippen LogP contribution in [0.3, 0.4) is 0 Å². The molecule has 0 saturated carbocycles. The Balaban J connectivity index is 1.67. The van der Waals surface area contributed by atoms with Crippen LogP contribution >= 0.6 is 11.3 Å². The predicted octanol–water partition coefficient (Wildman–Crippen LogP) is 3.05. The number of nitrogens with one attached hydrogen (secondary N) is 2. The summed E-state index contributed by atoms with van der Waals surface area (Å²) >= 11 is 1.56. The van der Waals surface area contributed by atoms with E-state index in [0.29, 0.717) is 11.2 Å². The smallest absolute Gasteiger partial charge is 0.223 e. The maximum Gasteiger partial charge on any atom is 0.223 e. The third-order valence-corrected chi connectivity index (χ3v) is 6.43. The Hall–Kier alpha value is -2.58. The molecule has 0 aromatic carbocycles. The Kier molecular flexibility index (Phi) is 4.44. The largest absolute Gasteiger partial charge is 0.317 e. The lowest BCUT2D eigenvalue weighted by atomic mass is 9.95. The van der Waals surface area contributed by atoms with Crippen LogP contribution in [0.25, 0.3) is 21.8 Å². The van der Waals surface area contributed by atoms with Gasteiger partial charge in [-0.3, -0.25) is 14.5 Å². The first-order chi connectivity index (χ1) is 13.7. The number of nitrogens with zero attached hydrogens (tertiary/aromatic N) is 4. The fourth-order valence-corrected chi connectivity index (χ4v) is 5.27. The summed E-state index contributed by atoms with van der Waals surface area (Å²) in [5.41, 5.74) is 5.61. The number of hydrogen-bond acceptors (Lipinski definition) is 6. The SMILES string of the molecule is CC(=O)Nc1nc2c(s1)-c1c(c(-c3cccnc3)nn1C1CCNCC1)CC2. The summed E-state index contributed by atoms with van der Waals surface area (Å²) < 4.78 is 2.23. The number of amides is 1. The number of fused-ring (bicyclic) bond motifs is 3. The van der Waals surface area contributed by atoms with Crippen LogP contribution in [-0.2, 0) is 17.6 Å². The van der Waals surface area contributed by atoms with Crippen LogP contribution in [0.4, 0.5) is 5.13 Å². The maximum atomic E-state index is 11.5. The van der Waals surface area contributed by atoms with E-state index in [0.717, 1.165) is 60.6 Å². The lowest BCUT2D eigenvalue weighted by molar-refractivity contribution is -0.114. The van der Waals surface area contributed by atoms with E-state index in [1.807, 2.05) is 12.3 Å². The molecule has 3 aromatic heterocycles. The van der Waals surface area contributed by atoms with Crippen molar-refractivity contribution in [2.45, 2.75) is 38.6 Å². The molecular weight excluding hydrogens is 372 g/mol. The molecule has 28 heavy (non-hydrogen) atoms. The highest BCUT2D eigenvalue weighted by Gasteiger charge is 2.32. The van der Waals surface area contributed by atoms with Gasteiger partial charge < -0.3 is 10.6 Å². The van der Waals surface area contributed by atoms with E-state index in [4.69, 9.17) is 5.10 Å². The van der Waals surface area contributed by atoms with Crippen molar-refractivity contribution >= 4 is 22.4 Å². The predicted molar refractivity (Wildman–Crippen MR) is 109 cm³/mol. The number of hydrogen-bond donors (Lipinski definition) is 2. The second kappa shape index (κ2) is 7.10. The molecule has 4 heterocycles. The third kappa shape index (κ3) is 3.02. The number of carbonyl (C=O) groups is 1. The van der Waals surface area contributed by atoms with Gasteiger partial charge in [-0.25, -0.2) is 4.98 Å². The van der Waals surface area contributed by atoms with Crippen LogP contribution < -0.4 is 10.6 Å². The Labute approximate surface area is 167 Å². The van der Waals surface area contributed by atoms with Gasteiger partial charge in [0.25, 0.3) is 0 Å². The maximum absolute atomic E-state index is 11.5. The summed E-state index contributed by atoms with van der Waals surface area (Å²) in [7, 11) is 0. The van der Waals surface area contributed by atoms with Crippen LogP contribution in [0.5, 0.6) is 0 Å². The molecule has 0 atom stereocenters. The first-order valence-electron chi connectivity index (χ1n) is 9.71. The van der Waals surface area contributed by atoms with E-state index in [9.17, 15) is 4.79 Å². The molecule has 0 unspecified atom stereocenters. The molecule has 7 nitrogen and oxygen atoms in total. The van der Waals surface area contributed by atoms with E-state index >= 15 is 0 Å². The van der Waals surface area contributed by atoms with Crippen LogP contribution in [0.1, 0.15) is 37.1 Å². The number of thiazole rings is 1. The molecule has 1 amide bonds. The first-order valence-corrected chi connectivity index (χ1v) is 10.5. The number of piperidine rings is 1. The van der Waals surface area contributed by atoms with Gasteiger partial charge in [0.2, 0.25) is 5.91 Å². The molecule has 144 valence electrons. The Morgan fingerprint density at radius 1 is 1.32 bits per heavy atom. The quantitative estimate of drug-likeness (QED) is 0.713. The molecule has 2 N–H and O–H groups in total. The van der Waals surface area contributed by atoms with Crippen molar-refractivity contribution in [1.82, 2.24) is 25.1 Å². The van der Waals surface area contributed by atoms with E-state index < -0.39 is 0 Å². The van der Waals surface area contributed by atoms with Gasteiger partial charge in [-0.1, -0.05) is 11.3 Å². The highest BCUT2D eigenvalue weighted by atomic mass is 32.1. The monoisotopic (exact) mass is 394 g/mol. The number of pyridine rings is 1. The molecular formula is C20H22N6OS. The van der Waals surface area contributed by atoms with Gasteiger partial charge in [-0.2, -0.15) is 5.10 Å². The van der Waals surface area contributed by atoms with Crippen molar-refractivity contribution in [3.63, 3.8) is 0 Å². The molecule has 1 fully saturated rings. The molecule has 2 aliphatic rings. The van der Waals surface area contributed by atoms with E-state index in [1.54, 1.807) is 17.5 Å². The summed E-state index contributed by atoms with van der Waals surface area (Å²) in [6.07, 6.45) is 7.58. The van der Waals surface area contributed by atoms with Gasteiger partial charge in [-0.15, -0.1) is 0 Å². The highest BCUT2D eigenvalue weighted by Crippen LogP contribution is 2.44. The van der Waals surface area contributed by atoms with Gasteiger partial charge in [0.1, 0.15) is 0 Å². The van der Waals surface area contributed by atoms with Crippen LogP contribution in [-0.4, -0.2) is 38.7 Å². The average molecular weight is 395 g/mol. The summed E-state index contributed by atoms with van der Waals surface area (Å²) in [6.45, 7) is 3.54. The Bertz CT molecular complexity index is 1020. The molecule has 3 aromatic rings. The van der Waals surface area contributed by atoms with Crippen molar-refractivity contribution in [3.05, 3.63) is 35.8 Å². The summed E-state index contributed by atoms with van der Waals surface area (Å²) in [4.78, 5) is 21.6. The van der Waals surface area contributed by atoms with Crippen molar-refractivity contribution in [2.75, 3.05) is 18.4 Å². The number of aryl methyl sites for hydroxylation is 1. The minimum absolute atomic E-state index is 0.0887. The van der Waals surface area contributed by atoms with E-state index in [2.05, 4.69) is 31.3 Å². The molecule has 8 heteroatoms. The van der Waals surface area contributed by atoms with Crippen LogP contribution in [0, 0.1) is 0 Å².